The number of methoxy groups -OCH3 is 1. The van der Waals surface area contributed by atoms with Gasteiger partial charge in [0.2, 0.25) is 10.0 Å². The van der Waals surface area contributed by atoms with E-state index in [1.165, 1.54) is 0 Å². The lowest BCUT2D eigenvalue weighted by Crippen LogP contribution is -2.49. The van der Waals surface area contributed by atoms with E-state index in [-0.39, 0.29) is 11.8 Å². The minimum atomic E-state index is -3.14. The summed E-state index contributed by atoms with van der Waals surface area (Å²) in [7, 11) is -1.54. The molecule has 1 fully saturated rings. The summed E-state index contributed by atoms with van der Waals surface area (Å²) in [5.74, 6) is 0.192. The quantitative estimate of drug-likeness (QED) is 0.668. The molecule has 0 aromatic carbocycles. The van der Waals surface area contributed by atoms with Crippen molar-refractivity contribution in [1.82, 2.24) is 9.62 Å². The van der Waals surface area contributed by atoms with Crippen molar-refractivity contribution in [3.8, 4) is 0 Å². The molecular formula is C12H26N2O3S. The van der Waals surface area contributed by atoms with Gasteiger partial charge in [0.15, 0.2) is 0 Å². The predicted octanol–water partition coefficient (Wildman–Crippen LogP) is 0.817. The zero-order valence-electron chi connectivity index (χ0n) is 11.5. The van der Waals surface area contributed by atoms with Crippen LogP contribution in [0.25, 0.3) is 0 Å². The third-order valence-corrected chi connectivity index (χ3v) is 5.23. The van der Waals surface area contributed by atoms with Crippen molar-refractivity contribution in [3.63, 3.8) is 0 Å². The van der Waals surface area contributed by atoms with Crippen LogP contribution in [0.2, 0.25) is 0 Å². The second-order valence-corrected chi connectivity index (χ2v) is 6.81. The summed E-state index contributed by atoms with van der Waals surface area (Å²) < 4.78 is 31.3. The Kier molecular flexibility index (Phi) is 7.14. The minimum Gasteiger partial charge on any atom is -0.385 e. The molecule has 1 aliphatic rings. The Labute approximate surface area is 111 Å². The summed E-state index contributed by atoms with van der Waals surface area (Å²) >= 11 is 0. The number of rotatable bonds is 8. The normalized spacial score (nSPS) is 21.4. The maximum Gasteiger partial charge on any atom is 0.214 e. The SMILES string of the molecule is CCCN(C1CCCNC1)S(=O)(=O)CCCOC. The van der Waals surface area contributed by atoms with Gasteiger partial charge in [-0.15, -0.1) is 0 Å². The van der Waals surface area contributed by atoms with E-state index in [1.54, 1.807) is 11.4 Å². The lowest BCUT2D eigenvalue weighted by Gasteiger charge is -2.33. The average Bonchev–Trinajstić information content (AvgIpc) is 2.37. The summed E-state index contributed by atoms with van der Waals surface area (Å²) in [4.78, 5) is 0. The number of ether oxygens (including phenoxy) is 1. The van der Waals surface area contributed by atoms with E-state index in [4.69, 9.17) is 4.74 Å². The van der Waals surface area contributed by atoms with Gasteiger partial charge in [-0.1, -0.05) is 6.92 Å². The number of hydrogen-bond donors (Lipinski definition) is 1. The van der Waals surface area contributed by atoms with E-state index in [0.29, 0.717) is 19.6 Å². The van der Waals surface area contributed by atoms with Crippen molar-refractivity contribution in [2.24, 2.45) is 0 Å². The average molecular weight is 278 g/mol. The van der Waals surface area contributed by atoms with E-state index in [1.807, 2.05) is 6.92 Å². The van der Waals surface area contributed by atoms with E-state index in [9.17, 15) is 8.42 Å². The van der Waals surface area contributed by atoms with Gasteiger partial charge in [0, 0.05) is 32.8 Å². The second-order valence-electron chi connectivity index (χ2n) is 4.77. The smallest absolute Gasteiger partial charge is 0.214 e. The highest BCUT2D eigenvalue weighted by Crippen LogP contribution is 2.16. The summed E-state index contributed by atoms with van der Waals surface area (Å²) in [6, 6.07) is 0.131. The van der Waals surface area contributed by atoms with Crippen LogP contribution in [-0.4, -0.2) is 57.9 Å². The molecule has 6 heteroatoms. The molecule has 0 radical (unpaired) electrons. The first-order valence-electron chi connectivity index (χ1n) is 6.81. The van der Waals surface area contributed by atoms with Gasteiger partial charge < -0.3 is 10.1 Å². The summed E-state index contributed by atoms with van der Waals surface area (Å²) in [6.45, 7) is 4.93. The maximum atomic E-state index is 12.3. The highest BCUT2D eigenvalue weighted by atomic mass is 32.2. The molecule has 1 heterocycles. The van der Waals surface area contributed by atoms with Gasteiger partial charge >= 0.3 is 0 Å². The second kappa shape index (κ2) is 8.09. The molecule has 1 saturated heterocycles. The number of piperidine rings is 1. The summed E-state index contributed by atoms with van der Waals surface area (Å²) in [5.41, 5.74) is 0. The lowest BCUT2D eigenvalue weighted by atomic mass is 10.1. The molecule has 0 bridgehead atoms. The Morgan fingerprint density at radius 2 is 2.22 bits per heavy atom. The Morgan fingerprint density at radius 3 is 2.78 bits per heavy atom. The molecule has 0 aromatic rings. The molecule has 1 rings (SSSR count). The van der Waals surface area contributed by atoms with E-state index in [2.05, 4.69) is 5.32 Å². The van der Waals surface area contributed by atoms with Crippen LogP contribution in [0.4, 0.5) is 0 Å². The lowest BCUT2D eigenvalue weighted by molar-refractivity contribution is 0.198. The zero-order chi connectivity index (χ0) is 13.4. The monoisotopic (exact) mass is 278 g/mol. The number of sulfonamides is 1. The topological polar surface area (TPSA) is 58.6 Å². The van der Waals surface area contributed by atoms with E-state index >= 15 is 0 Å². The summed E-state index contributed by atoms with van der Waals surface area (Å²) in [6.07, 6.45) is 3.45. The predicted molar refractivity (Wildman–Crippen MR) is 73.2 cm³/mol. The third kappa shape index (κ3) is 4.84. The van der Waals surface area contributed by atoms with Crippen molar-refractivity contribution in [2.45, 2.75) is 38.6 Å². The Hall–Kier alpha value is -0.170. The molecule has 1 atom stereocenters. The molecule has 108 valence electrons. The fourth-order valence-electron chi connectivity index (χ4n) is 2.35. The van der Waals surface area contributed by atoms with Gasteiger partial charge in [-0.3, -0.25) is 0 Å². The van der Waals surface area contributed by atoms with Crippen LogP contribution >= 0.6 is 0 Å². The van der Waals surface area contributed by atoms with Crippen molar-refractivity contribution >= 4 is 10.0 Å². The molecule has 1 N–H and O–H groups in total. The van der Waals surface area contributed by atoms with Gasteiger partial charge in [-0.05, 0) is 32.2 Å². The molecule has 5 nitrogen and oxygen atoms in total. The van der Waals surface area contributed by atoms with Crippen LogP contribution in [0.3, 0.4) is 0 Å². The van der Waals surface area contributed by atoms with Crippen molar-refractivity contribution in [1.29, 1.82) is 0 Å². The first-order valence-corrected chi connectivity index (χ1v) is 8.42. The number of nitrogens with zero attached hydrogens (tertiary/aromatic N) is 1. The van der Waals surface area contributed by atoms with Gasteiger partial charge in [0.05, 0.1) is 5.75 Å². The van der Waals surface area contributed by atoms with Crippen LogP contribution in [0.5, 0.6) is 0 Å². The molecule has 1 aliphatic heterocycles. The molecular weight excluding hydrogens is 252 g/mol. The van der Waals surface area contributed by atoms with E-state index < -0.39 is 10.0 Å². The molecule has 1 unspecified atom stereocenters. The Morgan fingerprint density at radius 1 is 1.44 bits per heavy atom. The third-order valence-electron chi connectivity index (χ3n) is 3.23. The molecule has 0 amide bonds. The largest absolute Gasteiger partial charge is 0.385 e. The number of hydrogen-bond acceptors (Lipinski definition) is 4. The fraction of sp³-hybridized carbons (Fsp3) is 1.00. The molecule has 0 aromatic heterocycles. The maximum absolute atomic E-state index is 12.3. The standard InChI is InChI=1S/C12H26N2O3S/c1-3-8-14(12-6-4-7-13-11-12)18(15,16)10-5-9-17-2/h12-13H,3-11H2,1-2H3. The Balaban J connectivity index is 2.63. The molecule has 0 saturated carbocycles. The minimum absolute atomic E-state index is 0.131. The van der Waals surface area contributed by atoms with Gasteiger partial charge in [-0.25, -0.2) is 8.42 Å². The van der Waals surface area contributed by atoms with Crippen LogP contribution in [0.1, 0.15) is 32.6 Å². The van der Waals surface area contributed by atoms with E-state index in [0.717, 1.165) is 32.4 Å². The van der Waals surface area contributed by atoms with Crippen LogP contribution < -0.4 is 5.32 Å². The van der Waals surface area contributed by atoms with Crippen molar-refractivity contribution < 1.29 is 13.2 Å². The van der Waals surface area contributed by atoms with Gasteiger partial charge in [-0.2, -0.15) is 4.31 Å². The first kappa shape index (κ1) is 15.9. The molecule has 0 spiro atoms. The highest BCUT2D eigenvalue weighted by molar-refractivity contribution is 7.89. The van der Waals surface area contributed by atoms with Crippen LogP contribution in [0, 0.1) is 0 Å². The van der Waals surface area contributed by atoms with Crippen molar-refractivity contribution in [3.05, 3.63) is 0 Å². The highest BCUT2D eigenvalue weighted by Gasteiger charge is 2.29. The zero-order valence-corrected chi connectivity index (χ0v) is 12.3. The van der Waals surface area contributed by atoms with Crippen molar-refractivity contribution in [2.75, 3.05) is 39.1 Å². The fourth-order valence-corrected chi connectivity index (χ4v) is 4.16. The first-order chi connectivity index (χ1) is 8.61. The van der Waals surface area contributed by atoms with Gasteiger partial charge in [0.1, 0.15) is 0 Å². The molecule has 18 heavy (non-hydrogen) atoms. The van der Waals surface area contributed by atoms with Crippen LogP contribution in [0.15, 0.2) is 0 Å². The molecule has 0 aliphatic carbocycles. The Bertz CT molecular complexity index is 313. The number of nitrogens with one attached hydrogen (secondary N) is 1. The summed E-state index contributed by atoms with van der Waals surface area (Å²) in [5, 5.41) is 3.28. The van der Waals surface area contributed by atoms with Gasteiger partial charge in [0.25, 0.3) is 0 Å². The van der Waals surface area contributed by atoms with Crippen LogP contribution in [-0.2, 0) is 14.8 Å².